The first-order valence-electron chi connectivity index (χ1n) is 5.49. The van der Waals surface area contributed by atoms with E-state index < -0.39 is 17.0 Å². The Bertz CT molecular complexity index is 440. The van der Waals surface area contributed by atoms with Crippen LogP contribution in [0.4, 0.5) is 0 Å². The van der Waals surface area contributed by atoms with Gasteiger partial charge in [0.25, 0.3) is 0 Å². The average molecular weight is 250 g/mol. The molecule has 0 saturated carbocycles. The van der Waals surface area contributed by atoms with E-state index in [9.17, 15) is 4.21 Å². The minimum atomic E-state index is -1.34. The number of hydrogen-bond donors (Lipinski definition) is 1. The van der Waals surface area contributed by atoms with Crippen LogP contribution in [0, 0.1) is 23.7 Å². The van der Waals surface area contributed by atoms with Gasteiger partial charge in [-0.15, -0.1) is 0 Å². The monoisotopic (exact) mass is 250 g/mol. The molecule has 1 rings (SSSR count). The third-order valence-electron chi connectivity index (χ3n) is 2.46. The van der Waals surface area contributed by atoms with Crippen molar-refractivity contribution in [2.75, 3.05) is 0 Å². The maximum atomic E-state index is 12.0. The lowest BCUT2D eigenvalue weighted by Gasteiger charge is -2.24. The summed E-state index contributed by atoms with van der Waals surface area (Å²) in [5, 5.41) is 9.05. The van der Waals surface area contributed by atoms with Gasteiger partial charge in [-0.25, -0.2) is 8.93 Å². The van der Waals surface area contributed by atoms with E-state index in [2.05, 4.69) is 10.8 Å². The highest BCUT2D eigenvalue weighted by Gasteiger charge is 2.26. The van der Waals surface area contributed by atoms with E-state index in [0.29, 0.717) is 4.90 Å². The van der Waals surface area contributed by atoms with Gasteiger partial charge in [-0.2, -0.15) is 5.26 Å². The van der Waals surface area contributed by atoms with Crippen LogP contribution >= 0.6 is 0 Å². The Balaban J connectivity index is 2.79. The maximum Gasteiger partial charge on any atom is 0.126 e. The number of benzene rings is 1. The van der Waals surface area contributed by atoms with E-state index in [1.54, 1.807) is 0 Å². The minimum absolute atomic E-state index is 0.241. The van der Waals surface area contributed by atoms with Crippen LogP contribution in [0.15, 0.2) is 29.2 Å². The van der Waals surface area contributed by atoms with Crippen LogP contribution in [0.1, 0.15) is 26.3 Å². The van der Waals surface area contributed by atoms with E-state index in [4.69, 9.17) is 5.26 Å². The summed E-state index contributed by atoms with van der Waals surface area (Å²) >= 11 is 0. The largest absolute Gasteiger partial charge is 0.237 e. The van der Waals surface area contributed by atoms with E-state index in [-0.39, 0.29) is 5.41 Å². The molecule has 0 aliphatic heterocycles. The van der Waals surface area contributed by atoms with Gasteiger partial charge in [-0.3, -0.25) is 0 Å². The van der Waals surface area contributed by atoms with Gasteiger partial charge in [0.2, 0.25) is 0 Å². The van der Waals surface area contributed by atoms with Gasteiger partial charge in [0.05, 0.1) is 11.0 Å². The summed E-state index contributed by atoms with van der Waals surface area (Å²) in [6, 6.07) is 9.16. The van der Waals surface area contributed by atoms with Crippen molar-refractivity contribution >= 4 is 11.0 Å². The van der Waals surface area contributed by atoms with Gasteiger partial charge in [-0.1, -0.05) is 38.5 Å². The molecule has 1 aromatic rings. The number of rotatable bonds is 3. The second-order valence-corrected chi connectivity index (χ2v) is 6.37. The highest BCUT2D eigenvalue weighted by molar-refractivity contribution is 7.83. The molecule has 0 fully saturated rings. The molecule has 0 aromatic heterocycles. The van der Waals surface area contributed by atoms with Gasteiger partial charge >= 0.3 is 0 Å². The van der Waals surface area contributed by atoms with E-state index >= 15 is 0 Å². The quantitative estimate of drug-likeness (QED) is 0.896. The molecule has 17 heavy (non-hydrogen) atoms. The summed E-state index contributed by atoms with van der Waals surface area (Å²) in [4.78, 5) is 0.695. The molecule has 2 unspecified atom stereocenters. The smallest absolute Gasteiger partial charge is 0.126 e. The fraction of sp³-hybridized carbons (Fsp3) is 0.462. The van der Waals surface area contributed by atoms with Crippen molar-refractivity contribution in [2.24, 2.45) is 5.41 Å². The third-order valence-corrected chi connectivity index (χ3v) is 3.61. The van der Waals surface area contributed by atoms with Gasteiger partial charge in [0.15, 0.2) is 0 Å². The molecule has 0 aliphatic rings. The molecule has 0 radical (unpaired) electrons. The Hall–Kier alpha value is -1.18. The van der Waals surface area contributed by atoms with Gasteiger partial charge in [0.1, 0.15) is 17.0 Å². The fourth-order valence-electron chi connectivity index (χ4n) is 1.23. The summed E-state index contributed by atoms with van der Waals surface area (Å²) in [6.07, 6.45) is 0. The SMILES string of the molecule is Cc1ccc(S(=O)NC(C#N)C(C)(C)C)cc1. The Morgan fingerprint density at radius 3 is 2.24 bits per heavy atom. The molecule has 0 aliphatic carbocycles. The van der Waals surface area contributed by atoms with E-state index in [0.717, 1.165) is 5.56 Å². The van der Waals surface area contributed by atoms with Crippen LogP contribution in [-0.4, -0.2) is 10.3 Å². The van der Waals surface area contributed by atoms with E-state index in [1.165, 1.54) is 0 Å². The first-order chi connectivity index (χ1) is 7.84. The van der Waals surface area contributed by atoms with Gasteiger partial charge < -0.3 is 0 Å². The lowest BCUT2D eigenvalue weighted by molar-refractivity contribution is 0.354. The maximum absolute atomic E-state index is 12.0. The molecule has 0 amide bonds. The fourth-order valence-corrected chi connectivity index (χ4v) is 2.37. The lowest BCUT2D eigenvalue weighted by atomic mass is 9.88. The van der Waals surface area contributed by atoms with Crippen LogP contribution in [0.2, 0.25) is 0 Å². The van der Waals surface area contributed by atoms with Crippen LogP contribution in [0.5, 0.6) is 0 Å². The molecule has 4 heteroatoms. The van der Waals surface area contributed by atoms with Crippen molar-refractivity contribution in [3.05, 3.63) is 29.8 Å². The average Bonchev–Trinajstić information content (AvgIpc) is 2.24. The zero-order chi connectivity index (χ0) is 13.1. The number of nitriles is 1. The van der Waals surface area contributed by atoms with Crippen molar-refractivity contribution in [1.29, 1.82) is 5.26 Å². The molecule has 0 heterocycles. The number of nitrogens with one attached hydrogen (secondary N) is 1. The van der Waals surface area contributed by atoms with Crippen LogP contribution in [-0.2, 0) is 11.0 Å². The lowest BCUT2D eigenvalue weighted by Crippen LogP contribution is -2.40. The molecule has 2 atom stereocenters. The molecule has 0 bridgehead atoms. The number of aryl methyl sites for hydroxylation is 1. The first-order valence-corrected chi connectivity index (χ1v) is 6.64. The Morgan fingerprint density at radius 1 is 1.29 bits per heavy atom. The van der Waals surface area contributed by atoms with Crippen LogP contribution < -0.4 is 4.72 Å². The van der Waals surface area contributed by atoms with Crippen molar-refractivity contribution in [2.45, 2.75) is 38.6 Å². The summed E-state index contributed by atoms with van der Waals surface area (Å²) in [5.74, 6) is 0. The van der Waals surface area contributed by atoms with Crippen LogP contribution in [0.25, 0.3) is 0 Å². The second kappa shape index (κ2) is 5.44. The highest BCUT2D eigenvalue weighted by Crippen LogP contribution is 2.19. The van der Waals surface area contributed by atoms with Crippen molar-refractivity contribution in [3.63, 3.8) is 0 Å². The number of nitrogens with zero attached hydrogens (tertiary/aromatic N) is 1. The molecule has 92 valence electrons. The zero-order valence-corrected chi connectivity index (χ0v) is 11.5. The second-order valence-electron chi connectivity index (χ2n) is 5.13. The molecular formula is C13H18N2OS. The Labute approximate surface area is 105 Å². The number of hydrogen-bond acceptors (Lipinski definition) is 2. The molecular weight excluding hydrogens is 232 g/mol. The summed E-state index contributed by atoms with van der Waals surface area (Å²) in [5.41, 5.74) is 0.883. The molecule has 1 N–H and O–H groups in total. The molecule has 0 spiro atoms. The van der Waals surface area contributed by atoms with E-state index in [1.807, 2.05) is 52.0 Å². The zero-order valence-electron chi connectivity index (χ0n) is 10.7. The summed E-state index contributed by atoms with van der Waals surface area (Å²) in [7, 11) is -1.34. The normalized spacial score (nSPS) is 15.0. The summed E-state index contributed by atoms with van der Waals surface area (Å²) < 4.78 is 14.9. The topological polar surface area (TPSA) is 52.9 Å². The Kier molecular flexibility index (Phi) is 4.44. The first kappa shape index (κ1) is 13.9. The molecule has 3 nitrogen and oxygen atoms in total. The molecule has 0 saturated heterocycles. The predicted molar refractivity (Wildman–Crippen MR) is 69.6 cm³/mol. The summed E-state index contributed by atoms with van der Waals surface area (Å²) in [6.45, 7) is 7.81. The minimum Gasteiger partial charge on any atom is -0.237 e. The standard InChI is InChI=1S/C13H18N2OS/c1-10-5-7-11(8-6-10)17(16)15-12(9-14)13(2,3)4/h5-8,12,15H,1-4H3. The third kappa shape index (κ3) is 3.95. The predicted octanol–water partition coefficient (Wildman–Crippen LogP) is 2.55. The van der Waals surface area contributed by atoms with Crippen LogP contribution in [0.3, 0.4) is 0 Å². The van der Waals surface area contributed by atoms with Crippen molar-refractivity contribution in [1.82, 2.24) is 4.72 Å². The van der Waals surface area contributed by atoms with Gasteiger partial charge in [-0.05, 0) is 24.5 Å². The van der Waals surface area contributed by atoms with Crippen molar-refractivity contribution in [3.8, 4) is 6.07 Å². The molecule has 1 aromatic carbocycles. The Morgan fingerprint density at radius 2 is 1.82 bits per heavy atom. The van der Waals surface area contributed by atoms with Crippen molar-refractivity contribution < 1.29 is 4.21 Å². The van der Waals surface area contributed by atoms with Gasteiger partial charge in [0, 0.05) is 0 Å². The highest BCUT2D eigenvalue weighted by atomic mass is 32.2.